The Morgan fingerprint density at radius 3 is 2.91 bits per heavy atom. The van der Waals surface area contributed by atoms with E-state index in [0.717, 1.165) is 10.9 Å². The Morgan fingerprint density at radius 1 is 1.50 bits per heavy atom. The number of methoxy groups -OCH3 is 1. The van der Waals surface area contributed by atoms with Gasteiger partial charge in [0, 0.05) is 18.7 Å². The van der Waals surface area contributed by atoms with Crippen LogP contribution in [0.3, 0.4) is 0 Å². The van der Waals surface area contributed by atoms with Gasteiger partial charge >= 0.3 is 0 Å². The summed E-state index contributed by atoms with van der Waals surface area (Å²) in [4.78, 5) is 14.5. The SMILES string of the molecule is CCCOc1c(Br)cc(C(=O)N2CCOC(C)C2)cc1OC. The van der Waals surface area contributed by atoms with Gasteiger partial charge in [-0.05, 0) is 41.4 Å². The van der Waals surface area contributed by atoms with E-state index in [-0.39, 0.29) is 12.0 Å². The van der Waals surface area contributed by atoms with Gasteiger partial charge in [-0.25, -0.2) is 0 Å². The first-order valence-corrected chi connectivity index (χ1v) is 8.27. The van der Waals surface area contributed by atoms with Crippen molar-refractivity contribution in [2.45, 2.75) is 26.4 Å². The molecule has 0 aliphatic carbocycles. The first-order chi connectivity index (χ1) is 10.6. The van der Waals surface area contributed by atoms with E-state index in [2.05, 4.69) is 15.9 Å². The number of rotatable bonds is 5. The van der Waals surface area contributed by atoms with Gasteiger partial charge in [0.25, 0.3) is 5.91 Å². The van der Waals surface area contributed by atoms with Crippen LogP contribution in [-0.4, -0.2) is 50.3 Å². The van der Waals surface area contributed by atoms with E-state index < -0.39 is 0 Å². The van der Waals surface area contributed by atoms with Crippen LogP contribution in [0.15, 0.2) is 16.6 Å². The first kappa shape index (κ1) is 17.1. The van der Waals surface area contributed by atoms with E-state index >= 15 is 0 Å². The van der Waals surface area contributed by atoms with E-state index in [4.69, 9.17) is 14.2 Å². The number of carbonyl (C=O) groups is 1. The summed E-state index contributed by atoms with van der Waals surface area (Å²) >= 11 is 3.47. The number of hydrogen-bond donors (Lipinski definition) is 0. The molecule has 1 aliphatic heterocycles. The lowest BCUT2D eigenvalue weighted by atomic mass is 10.1. The van der Waals surface area contributed by atoms with Crippen molar-refractivity contribution in [3.63, 3.8) is 0 Å². The molecule has 1 unspecified atom stereocenters. The summed E-state index contributed by atoms with van der Waals surface area (Å²) in [6.45, 7) is 6.39. The Labute approximate surface area is 139 Å². The summed E-state index contributed by atoms with van der Waals surface area (Å²) in [6.07, 6.45) is 0.970. The lowest BCUT2D eigenvalue weighted by Crippen LogP contribution is -2.44. The fourth-order valence-corrected chi connectivity index (χ4v) is 2.93. The topological polar surface area (TPSA) is 48.0 Å². The van der Waals surface area contributed by atoms with Crippen LogP contribution in [0, 0.1) is 0 Å². The van der Waals surface area contributed by atoms with Gasteiger partial charge in [-0.3, -0.25) is 4.79 Å². The zero-order valence-electron chi connectivity index (χ0n) is 13.2. The van der Waals surface area contributed by atoms with E-state index in [1.807, 2.05) is 18.7 Å². The molecule has 0 N–H and O–H groups in total. The third-order valence-electron chi connectivity index (χ3n) is 3.46. The number of nitrogens with zero attached hydrogens (tertiary/aromatic N) is 1. The molecule has 1 saturated heterocycles. The highest BCUT2D eigenvalue weighted by molar-refractivity contribution is 9.10. The number of ether oxygens (including phenoxy) is 3. The van der Waals surface area contributed by atoms with Crippen molar-refractivity contribution in [3.05, 3.63) is 22.2 Å². The Hall–Kier alpha value is -1.27. The molecule has 5 nitrogen and oxygen atoms in total. The van der Waals surface area contributed by atoms with Crippen molar-refractivity contribution in [3.8, 4) is 11.5 Å². The number of hydrogen-bond acceptors (Lipinski definition) is 4. The van der Waals surface area contributed by atoms with Crippen LogP contribution < -0.4 is 9.47 Å². The molecule has 0 bridgehead atoms. The maximum atomic E-state index is 12.6. The minimum Gasteiger partial charge on any atom is -0.493 e. The second-order valence-corrected chi connectivity index (χ2v) is 6.12. The summed E-state index contributed by atoms with van der Waals surface area (Å²) in [7, 11) is 1.58. The van der Waals surface area contributed by atoms with Gasteiger partial charge in [0.15, 0.2) is 11.5 Å². The van der Waals surface area contributed by atoms with Crippen LogP contribution in [0.5, 0.6) is 11.5 Å². The van der Waals surface area contributed by atoms with Crippen molar-refractivity contribution in [1.29, 1.82) is 0 Å². The lowest BCUT2D eigenvalue weighted by Gasteiger charge is -2.31. The largest absolute Gasteiger partial charge is 0.493 e. The molecule has 1 aromatic rings. The molecule has 0 aromatic heterocycles. The van der Waals surface area contributed by atoms with Gasteiger partial charge in [-0.1, -0.05) is 6.92 Å². The smallest absolute Gasteiger partial charge is 0.254 e. The standard InChI is InChI=1S/C16H22BrNO4/c1-4-6-22-15-13(17)8-12(9-14(15)20-3)16(19)18-5-7-21-11(2)10-18/h8-9,11H,4-7,10H2,1-3H3. The number of benzene rings is 1. The monoisotopic (exact) mass is 371 g/mol. The van der Waals surface area contributed by atoms with Crippen molar-refractivity contribution in [2.24, 2.45) is 0 Å². The van der Waals surface area contributed by atoms with Crippen LogP contribution in [0.2, 0.25) is 0 Å². The van der Waals surface area contributed by atoms with Crippen molar-refractivity contribution < 1.29 is 19.0 Å². The second-order valence-electron chi connectivity index (χ2n) is 5.27. The predicted octanol–water partition coefficient (Wildman–Crippen LogP) is 3.11. The predicted molar refractivity (Wildman–Crippen MR) is 87.8 cm³/mol. The van der Waals surface area contributed by atoms with E-state index in [0.29, 0.717) is 43.4 Å². The van der Waals surface area contributed by atoms with Gasteiger partial charge in [0.1, 0.15) is 0 Å². The first-order valence-electron chi connectivity index (χ1n) is 7.48. The molecule has 6 heteroatoms. The molecule has 22 heavy (non-hydrogen) atoms. The Kier molecular flexibility index (Phi) is 6.08. The fourth-order valence-electron chi connectivity index (χ4n) is 2.37. The van der Waals surface area contributed by atoms with Crippen molar-refractivity contribution >= 4 is 21.8 Å². The van der Waals surface area contributed by atoms with Crippen molar-refractivity contribution in [1.82, 2.24) is 4.90 Å². The van der Waals surface area contributed by atoms with Gasteiger partial charge in [0.2, 0.25) is 0 Å². The van der Waals surface area contributed by atoms with Crippen LogP contribution in [-0.2, 0) is 4.74 Å². The second kappa shape index (κ2) is 7.83. The molecular weight excluding hydrogens is 350 g/mol. The van der Waals surface area contributed by atoms with Crippen molar-refractivity contribution in [2.75, 3.05) is 33.4 Å². The van der Waals surface area contributed by atoms with Crippen LogP contribution in [0.1, 0.15) is 30.6 Å². The summed E-state index contributed by atoms with van der Waals surface area (Å²) in [6, 6.07) is 3.52. The molecule has 2 rings (SSSR count). The Balaban J connectivity index is 2.24. The number of carbonyl (C=O) groups excluding carboxylic acids is 1. The molecule has 0 saturated carbocycles. The van der Waals surface area contributed by atoms with Gasteiger partial charge < -0.3 is 19.1 Å². The van der Waals surface area contributed by atoms with E-state index in [9.17, 15) is 4.79 Å². The quantitative estimate of drug-likeness (QED) is 0.797. The third-order valence-corrected chi connectivity index (χ3v) is 4.04. The fraction of sp³-hybridized carbons (Fsp3) is 0.562. The average Bonchev–Trinajstić information content (AvgIpc) is 2.52. The normalized spacial score (nSPS) is 18.2. The highest BCUT2D eigenvalue weighted by atomic mass is 79.9. The zero-order valence-corrected chi connectivity index (χ0v) is 14.8. The summed E-state index contributed by atoms with van der Waals surface area (Å²) < 4.78 is 17.3. The van der Waals surface area contributed by atoms with Crippen LogP contribution in [0.4, 0.5) is 0 Å². The number of amides is 1. The van der Waals surface area contributed by atoms with E-state index in [1.54, 1.807) is 19.2 Å². The van der Waals surface area contributed by atoms with Crippen LogP contribution >= 0.6 is 15.9 Å². The lowest BCUT2D eigenvalue weighted by molar-refractivity contribution is -0.0124. The molecule has 1 aromatic carbocycles. The average molecular weight is 372 g/mol. The summed E-state index contributed by atoms with van der Waals surface area (Å²) in [5.41, 5.74) is 0.585. The summed E-state index contributed by atoms with van der Waals surface area (Å²) in [5.74, 6) is 1.18. The molecule has 0 spiro atoms. The Morgan fingerprint density at radius 2 is 2.27 bits per heavy atom. The highest BCUT2D eigenvalue weighted by Crippen LogP contribution is 2.37. The molecule has 1 amide bonds. The molecule has 1 fully saturated rings. The molecule has 1 aliphatic rings. The molecule has 1 heterocycles. The number of halogens is 1. The van der Waals surface area contributed by atoms with E-state index in [1.165, 1.54) is 0 Å². The van der Waals surface area contributed by atoms with Gasteiger partial charge in [-0.15, -0.1) is 0 Å². The number of morpholine rings is 1. The Bertz CT molecular complexity index is 535. The molecule has 0 radical (unpaired) electrons. The highest BCUT2D eigenvalue weighted by Gasteiger charge is 2.24. The minimum absolute atomic E-state index is 0.0174. The van der Waals surface area contributed by atoms with Gasteiger partial charge in [0.05, 0.1) is 30.9 Å². The third kappa shape index (κ3) is 3.93. The molecular formula is C16H22BrNO4. The summed E-state index contributed by atoms with van der Waals surface area (Å²) in [5, 5.41) is 0. The zero-order chi connectivity index (χ0) is 16.1. The maximum Gasteiger partial charge on any atom is 0.254 e. The minimum atomic E-state index is -0.0174. The molecule has 122 valence electrons. The van der Waals surface area contributed by atoms with Crippen LogP contribution in [0.25, 0.3) is 0 Å². The van der Waals surface area contributed by atoms with Gasteiger partial charge in [-0.2, -0.15) is 0 Å². The maximum absolute atomic E-state index is 12.6. The molecule has 1 atom stereocenters.